The summed E-state index contributed by atoms with van der Waals surface area (Å²) >= 11 is 0. The molecule has 0 unspecified atom stereocenters. The third kappa shape index (κ3) is 4.21. The Morgan fingerprint density at radius 1 is 1.10 bits per heavy atom. The zero-order valence-corrected chi connectivity index (χ0v) is 17.0. The number of ketones is 1. The monoisotopic (exact) mass is 416 g/mol. The topological polar surface area (TPSA) is 113 Å². The van der Waals surface area contributed by atoms with Gasteiger partial charge in [0.2, 0.25) is 0 Å². The largest absolute Gasteiger partial charge is 0.395 e. The van der Waals surface area contributed by atoms with Crippen molar-refractivity contribution in [2.45, 2.75) is 31.7 Å². The van der Waals surface area contributed by atoms with Gasteiger partial charge >= 0.3 is 6.03 Å². The summed E-state index contributed by atoms with van der Waals surface area (Å²) in [7, 11) is 0. The predicted molar refractivity (Wildman–Crippen MR) is 117 cm³/mol. The first-order chi connectivity index (χ1) is 14.9. The van der Waals surface area contributed by atoms with Gasteiger partial charge in [0.25, 0.3) is 5.91 Å². The van der Waals surface area contributed by atoms with Gasteiger partial charge in [-0.3, -0.25) is 9.59 Å². The van der Waals surface area contributed by atoms with Crippen LogP contribution in [0.5, 0.6) is 0 Å². The molecular formula is C24H24N4O3. The van der Waals surface area contributed by atoms with Gasteiger partial charge in [-0.15, -0.1) is 0 Å². The van der Waals surface area contributed by atoms with E-state index >= 15 is 0 Å². The summed E-state index contributed by atoms with van der Waals surface area (Å²) in [6.07, 6.45) is 2.80. The van der Waals surface area contributed by atoms with Crippen LogP contribution in [0.4, 0.5) is 4.79 Å². The van der Waals surface area contributed by atoms with Gasteiger partial charge in [-0.05, 0) is 36.0 Å². The highest BCUT2D eigenvalue weighted by Gasteiger charge is 2.28. The lowest BCUT2D eigenvalue weighted by atomic mass is 9.83. The Bertz CT molecular complexity index is 1110. The zero-order chi connectivity index (χ0) is 22.0. The molecule has 1 aliphatic heterocycles. The van der Waals surface area contributed by atoms with Crippen LogP contribution in [-0.2, 0) is 17.6 Å². The second-order valence-corrected chi connectivity index (χ2v) is 7.72. The molecule has 158 valence electrons. The number of nitrogens with one attached hydrogen (secondary N) is 3. The van der Waals surface area contributed by atoms with Crippen LogP contribution in [0, 0.1) is 0 Å². The van der Waals surface area contributed by atoms with E-state index in [2.05, 4.69) is 22.5 Å². The number of hydrogen-bond acceptors (Lipinski definition) is 4. The molecule has 0 radical (unpaired) electrons. The summed E-state index contributed by atoms with van der Waals surface area (Å²) in [5.41, 5.74) is 9.98. The summed E-state index contributed by atoms with van der Waals surface area (Å²) in [5.74, 6) is -0.397. The summed E-state index contributed by atoms with van der Waals surface area (Å²) in [6, 6.07) is 14.3. The number of amides is 3. The lowest BCUT2D eigenvalue weighted by Gasteiger charge is -2.29. The zero-order valence-electron chi connectivity index (χ0n) is 17.0. The van der Waals surface area contributed by atoms with Crippen molar-refractivity contribution >= 4 is 17.7 Å². The second kappa shape index (κ2) is 8.47. The molecule has 2 aliphatic rings. The SMILES string of the molecule is C=C1NC(=O)NC(C(=O)N[C@@H]2CCCc3c(CC(=O)c4ccccc4)cccc32)=C1N. The molecule has 1 atom stereocenters. The standard InChI is InChI=1S/C24H24N4O3/c1-14-21(25)22(28-24(31)26-14)23(30)27-19-12-6-10-17-16(9-5-11-18(17)19)13-20(29)15-7-3-2-4-8-15/h2-5,7-9,11,19H,1,6,10,12-13,25H2,(H,27,30)(H2,26,28,31)/t19-/m1/s1. The minimum absolute atomic E-state index is 0.00344. The maximum Gasteiger partial charge on any atom is 0.323 e. The van der Waals surface area contributed by atoms with E-state index < -0.39 is 11.9 Å². The Balaban J connectivity index is 1.56. The molecule has 2 aromatic carbocycles. The Labute approximate surface area is 180 Å². The number of benzene rings is 2. The fourth-order valence-corrected chi connectivity index (χ4v) is 4.12. The Morgan fingerprint density at radius 2 is 1.87 bits per heavy atom. The van der Waals surface area contributed by atoms with Gasteiger partial charge in [0.1, 0.15) is 5.70 Å². The van der Waals surface area contributed by atoms with E-state index in [0.29, 0.717) is 12.0 Å². The molecule has 0 saturated heterocycles. The lowest BCUT2D eigenvalue weighted by Crippen LogP contribution is -2.47. The lowest BCUT2D eigenvalue weighted by molar-refractivity contribution is -0.118. The van der Waals surface area contributed by atoms with Crippen molar-refractivity contribution in [1.29, 1.82) is 0 Å². The third-order valence-electron chi connectivity index (χ3n) is 5.68. The average Bonchev–Trinajstić information content (AvgIpc) is 2.77. The van der Waals surface area contributed by atoms with Crippen molar-refractivity contribution in [3.8, 4) is 0 Å². The van der Waals surface area contributed by atoms with Gasteiger partial charge in [-0.2, -0.15) is 0 Å². The van der Waals surface area contributed by atoms with Gasteiger partial charge < -0.3 is 21.7 Å². The molecule has 31 heavy (non-hydrogen) atoms. The number of carbonyl (C=O) groups excluding carboxylic acids is 3. The van der Waals surface area contributed by atoms with Crippen LogP contribution in [0.2, 0.25) is 0 Å². The van der Waals surface area contributed by atoms with Crippen LogP contribution in [0.1, 0.15) is 45.9 Å². The van der Waals surface area contributed by atoms with Crippen LogP contribution in [0.15, 0.2) is 72.2 Å². The Morgan fingerprint density at radius 3 is 2.65 bits per heavy atom. The first-order valence-corrected chi connectivity index (χ1v) is 10.2. The number of rotatable bonds is 5. The van der Waals surface area contributed by atoms with E-state index in [1.54, 1.807) is 0 Å². The fourth-order valence-electron chi connectivity index (χ4n) is 4.12. The van der Waals surface area contributed by atoms with Crippen LogP contribution in [0.3, 0.4) is 0 Å². The van der Waals surface area contributed by atoms with Gasteiger partial charge in [0, 0.05) is 12.0 Å². The molecule has 0 saturated carbocycles. The molecule has 5 N–H and O–H groups in total. The van der Waals surface area contributed by atoms with Crippen molar-refractivity contribution in [1.82, 2.24) is 16.0 Å². The summed E-state index contributed by atoms with van der Waals surface area (Å²) < 4.78 is 0. The molecule has 0 spiro atoms. The minimum Gasteiger partial charge on any atom is -0.395 e. The first-order valence-electron chi connectivity index (χ1n) is 10.2. The highest BCUT2D eigenvalue weighted by atomic mass is 16.2. The van der Waals surface area contributed by atoms with Crippen LogP contribution >= 0.6 is 0 Å². The highest BCUT2D eigenvalue weighted by Crippen LogP contribution is 2.32. The van der Waals surface area contributed by atoms with Gasteiger partial charge in [0.05, 0.1) is 17.4 Å². The van der Waals surface area contributed by atoms with Crippen molar-refractivity contribution in [3.05, 3.63) is 94.5 Å². The normalized spacial score (nSPS) is 18.0. The third-order valence-corrected chi connectivity index (χ3v) is 5.68. The van der Waals surface area contributed by atoms with Crippen LogP contribution in [-0.4, -0.2) is 17.7 Å². The number of nitrogens with two attached hydrogens (primary N) is 1. The van der Waals surface area contributed by atoms with E-state index in [-0.39, 0.29) is 28.9 Å². The van der Waals surface area contributed by atoms with Crippen LogP contribution in [0.25, 0.3) is 0 Å². The van der Waals surface area contributed by atoms with Crippen molar-refractivity contribution < 1.29 is 14.4 Å². The minimum atomic E-state index is -0.546. The number of fused-ring (bicyclic) bond motifs is 1. The number of carbonyl (C=O) groups is 3. The molecule has 0 bridgehead atoms. The molecule has 1 aliphatic carbocycles. The van der Waals surface area contributed by atoms with E-state index in [4.69, 9.17) is 5.73 Å². The molecule has 1 heterocycles. The molecule has 4 rings (SSSR count). The van der Waals surface area contributed by atoms with E-state index in [1.165, 1.54) is 0 Å². The van der Waals surface area contributed by atoms with Gasteiger partial charge in [0.15, 0.2) is 5.78 Å². The smallest absolute Gasteiger partial charge is 0.323 e. The second-order valence-electron chi connectivity index (χ2n) is 7.72. The molecule has 0 fully saturated rings. The summed E-state index contributed by atoms with van der Waals surface area (Å²) in [5, 5.41) is 7.87. The van der Waals surface area contributed by atoms with Gasteiger partial charge in [-0.25, -0.2) is 4.79 Å². The van der Waals surface area contributed by atoms with Gasteiger partial charge in [-0.1, -0.05) is 55.1 Å². The van der Waals surface area contributed by atoms with E-state index in [9.17, 15) is 14.4 Å². The molecule has 7 heteroatoms. The fraction of sp³-hybridized carbons (Fsp3) is 0.208. The Hall–Kier alpha value is -3.87. The van der Waals surface area contributed by atoms with Crippen molar-refractivity contribution in [2.75, 3.05) is 0 Å². The maximum absolute atomic E-state index is 12.8. The predicted octanol–water partition coefficient (Wildman–Crippen LogP) is 2.60. The van der Waals surface area contributed by atoms with Crippen molar-refractivity contribution in [3.63, 3.8) is 0 Å². The first kappa shape index (κ1) is 20.4. The number of Topliss-reactive ketones (excluding diaryl/α,β-unsaturated/α-hetero) is 1. The maximum atomic E-state index is 12.8. The molecule has 0 aromatic heterocycles. The summed E-state index contributed by atoms with van der Waals surface area (Å²) in [6.45, 7) is 3.66. The van der Waals surface area contributed by atoms with Crippen LogP contribution < -0.4 is 21.7 Å². The molecule has 3 amide bonds. The number of urea groups is 1. The molecule has 7 nitrogen and oxygen atoms in total. The quantitative estimate of drug-likeness (QED) is 0.561. The van der Waals surface area contributed by atoms with Crippen molar-refractivity contribution in [2.24, 2.45) is 5.73 Å². The Kier molecular flexibility index (Phi) is 5.58. The summed E-state index contributed by atoms with van der Waals surface area (Å²) in [4.78, 5) is 37.3. The average molecular weight is 416 g/mol. The highest BCUT2D eigenvalue weighted by molar-refractivity contribution is 6.00. The molecule has 2 aromatic rings. The van der Waals surface area contributed by atoms with E-state index in [1.807, 2.05) is 48.5 Å². The molecular weight excluding hydrogens is 392 g/mol. The number of hydrogen-bond donors (Lipinski definition) is 4. The van der Waals surface area contributed by atoms with E-state index in [0.717, 1.165) is 36.0 Å².